The van der Waals surface area contributed by atoms with Crippen molar-refractivity contribution in [2.24, 2.45) is 11.0 Å². The van der Waals surface area contributed by atoms with Gasteiger partial charge < -0.3 is 9.63 Å². The average Bonchev–Trinajstić information content (AvgIpc) is 3.03. The molecule has 0 saturated carbocycles. The van der Waals surface area contributed by atoms with E-state index in [1.54, 1.807) is 31.2 Å². The van der Waals surface area contributed by atoms with Gasteiger partial charge in [0.05, 0.1) is 11.4 Å². The van der Waals surface area contributed by atoms with Crippen LogP contribution in [0.1, 0.15) is 12.8 Å². The van der Waals surface area contributed by atoms with Crippen LogP contribution in [0.2, 0.25) is 0 Å². The van der Waals surface area contributed by atoms with Crippen molar-refractivity contribution in [3.63, 3.8) is 0 Å². The molecule has 0 spiro atoms. The summed E-state index contributed by atoms with van der Waals surface area (Å²) in [7, 11) is 0. The van der Waals surface area contributed by atoms with Gasteiger partial charge in [-0.2, -0.15) is 15.1 Å². The molecule has 1 unspecified atom stereocenters. The average molecular weight is 300 g/mol. The van der Waals surface area contributed by atoms with Gasteiger partial charge in [-0.1, -0.05) is 17.3 Å². The molecule has 0 aliphatic carbocycles. The van der Waals surface area contributed by atoms with Crippen molar-refractivity contribution < 1.29 is 19.2 Å². The molecule has 3 rings (SSSR count). The predicted molar refractivity (Wildman–Crippen MR) is 76.2 cm³/mol. The standard InChI is InChI=1S/C14H12N4O4/c1-7-11(14(20)21)13(19)18(16-7)10-5-3-4-9(6-10)12-15-8(2)22-17-12/h3-6,11H,1-2H3,(H,20,21). The fourth-order valence-electron chi connectivity index (χ4n) is 2.23. The fourth-order valence-corrected chi connectivity index (χ4v) is 2.23. The van der Waals surface area contributed by atoms with E-state index in [4.69, 9.17) is 9.63 Å². The number of amides is 1. The Kier molecular flexibility index (Phi) is 3.21. The van der Waals surface area contributed by atoms with Crippen molar-refractivity contribution in [1.82, 2.24) is 10.1 Å². The number of carboxylic acids is 1. The highest BCUT2D eigenvalue weighted by molar-refractivity contribution is 6.25. The number of carboxylic acid groups (broad SMARTS) is 1. The Bertz CT molecular complexity index is 796. The normalized spacial score (nSPS) is 17.7. The Morgan fingerprint density at radius 1 is 1.36 bits per heavy atom. The molecule has 1 aliphatic rings. The number of rotatable bonds is 3. The first-order valence-electron chi connectivity index (χ1n) is 6.50. The third-order valence-corrected chi connectivity index (χ3v) is 3.25. The van der Waals surface area contributed by atoms with Crippen LogP contribution < -0.4 is 5.01 Å². The molecule has 1 aromatic heterocycles. The summed E-state index contributed by atoms with van der Waals surface area (Å²) in [4.78, 5) is 27.4. The smallest absolute Gasteiger partial charge is 0.322 e. The van der Waals surface area contributed by atoms with Crippen LogP contribution in [0, 0.1) is 12.8 Å². The number of anilines is 1. The quantitative estimate of drug-likeness (QED) is 0.860. The summed E-state index contributed by atoms with van der Waals surface area (Å²) < 4.78 is 4.92. The maximum Gasteiger partial charge on any atom is 0.322 e. The van der Waals surface area contributed by atoms with Crippen LogP contribution in [0.25, 0.3) is 11.4 Å². The molecule has 1 aliphatic heterocycles. The van der Waals surface area contributed by atoms with Crippen LogP contribution in [0.5, 0.6) is 0 Å². The van der Waals surface area contributed by atoms with Gasteiger partial charge in [0, 0.05) is 12.5 Å². The highest BCUT2D eigenvalue weighted by Crippen LogP contribution is 2.27. The minimum atomic E-state index is -1.24. The Balaban J connectivity index is 1.97. The van der Waals surface area contributed by atoms with E-state index in [0.29, 0.717) is 23.0 Å². The number of hydrogen-bond donors (Lipinski definition) is 1. The predicted octanol–water partition coefficient (Wildman–Crippen LogP) is 1.47. The zero-order valence-electron chi connectivity index (χ0n) is 11.8. The lowest BCUT2D eigenvalue weighted by Gasteiger charge is -2.13. The minimum Gasteiger partial charge on any atom is -0.480 e. The molecule has 1 atom stereocenters. The highest BCUT2D eigenvalue weighted by atomic mass is 16.5. The van der Waals surface area contributed by atoms with Crippen LogP contribution in [-0.2, 0) is 9.59 Å². The second-order valence-electron chi connectivity index (χ2n) is 4.85. The van der Waals surface area contributed by atoms with Crippen molar-refractivity contribution >= 4 is 23.3 Å². The molecule has 1 aromatic carbocycles. The molecule has 1 amide bonds. The van der Waals surface area contributed by atoms with Crippen LogP contribution >= 0.6 is 0 Å². The third-order valence-electron chi connectivity index (χ3n) is 3.25. The van der Waals surface area contributed by atoms with Crippen LogP contribution in [0.4, 0.5) is 5.69 Å². The molecule has 0 radical (unpaired) electrons. The van der Waals surface area contributed by atoms with E-state index in [2.05, 4.69) is 15.2 Å². The molecule has 0 bridgehead atoms. The van der Waals surface area contributed by atoms with Gasteiger partial charge in [0.15, 0.2) is 5.92 Å². The molecular formula is C14H12N4O4. The van der Waals surface area contributed by atoms with Crippen molar-refractivity contribution in [3.05, 3.63) is 30.2 Å². The van der Waals surface area contributed by atoms with Crippen molar-refractivity contribution in [3.8, 4) is 11.4 Å². The first-order chi connectivity index (χ1) is 10.5. The maximum absolute atomic E-state index is 12.2. The summed E-state index contributed by atoms with van der Waals surface area (Å²) in [6, 6.07) is 6.79. The summed E-state index contributed by atoms with van der Waals surface area (Å²) >= 11 is 0. The number of aryl methyl sites for hydroxylation is 1. The van der Waals surface area contributed by atoms with Crippen molar-refractivity contribution in [1.29, 1.82) is 0 Å². The van der Waals surface area contributed by atoms with E-state index in [-0.39, 0.29) is 5.71 Å². The molecule has 1 N–H and O–H groups in total. The summed E-state index contributed by atoms with van der Waals surface area (Å²) in [5, 5.41) is 18.0. The number of carbonyl (C=O) groups excluding carboxylic acids is 1. The van der Waals surface area contributed by atoms with Crippen LogP contribution in [-0.4, -0.2) is 32.8 Å². The van der Waals surface area contributed by atoms with Crippen LogP contribution in [0.3, 0.4) is 0 Å². The number of benzene rings is 1. The lowest BCUT2D eigenvalue weighted by atomic mass is 10.1. The summed E-state index contributed by atoms with van der Waals surface area (Å²) in [6.07, 6.45) is 0. The Morgan fingerprint density at radius 3 is 2.73 bits per heavy atom. The first-order valence-corrected chi connectivity index (χ1v) is 6.50. The molecule has 112 valence electrons. The third kappa shape index (κ3) is 2.24. The second-order valence-corrected chi connectivity index (χ2v) is 4.85. The number of carbonyl (C=O) groups is 2. The van der Waals surface area contributed by atoms with Crippen molar-refractivity contribution in [2.75, 3.05) is 5.01 Å². The number of hydrazone groups is 1. The number of nitrogens with zero attached hydrogens (tertiary/aromatic N) is 4. The SMILES string of the molecule is CC1=NN(c2cccc(-c3noc(C)n3)c2)C(=O)C1C(=O)O. The van der Waals surface area contributed by atoms with Gasteiger partial charge in [0.25, 0.3) is 5.91 Å². The van der Waals surface area contributed by atoms with E-state index in [1.165, 1.54) is 6.92 Å². The largest absolute Gasteiger partial charge is 0.480 e. The second kappa shape index (κ2) is 5.06. The molecule has 22 heavy (non-hydrogen) atoms. The molecule has 2 aromatic rings. The Labute approximate surface area is 125 Å². The van der Waals surface area contributed by atoms with E-state index < -0.39 is 17.8 Å². The molecule has 0 fully saturated rings. The summed E-state index contributed by atoms with van der Waals surface area (Å²) in [5.41, 5.74) is 1.35. The Morgan fingerprint density at radius 2 is 2.14 bits per heavy atom. The summed E-state index contributed by atoms with van der Waals surface area (Å²) in [6.45, 7) is 3.19. The van der Waals surface area contributed by atoms with E-state index >= 15 is 0 Å². The van der Waals surface area contributed by atoms with Gasteiger partial charge in [0.2, 0.25) is 11.7 Å². The van der Waals surface area contributed by atoms with Crippen molar-refractivity contribution in [2.45, 2.75) is 13.8 Å². The maximum atomic E-state index is 12.2. The van der Waals surface area contributed by atoms with E-state index in [0.717, 1.165) is 5.01 Å². The molecule has 0 saturated heterocycles. The topological polar surface area (TPSA) is 109 Å². The molecule has 8 heteroatoms. The lowest BCUT2D eigenvalue weighted by molar-refractivity contribution is -0.142. The number of aliphatic carboxylic acids is 1. The zero-order chi connectivity index (χ0) is 15.9. The van der Waals surface area contributed by atoms with E-state index in [9.17, 15) is 9.59 Å². The number of aromatic nitrogens is 2. The van der Waals surface area contributed by atoms with Gasteiger partial charge >= 0.3 is 5.97 Å². The molecular weight excluding hydrogens is 288 g/mol. The molecule has 8 nitrogen and oxygen atoms in total. The monoisotopic (exact) mass is 300 g/mol. The van der Waals surface area contributed by atoms with Gasteiger partial charge in [-0.3, -0.25) is 9.59 Å². The molecule has 2 heterocycles. The fraction of sp³-hybridized carbons (Fsp3) is 0.214. The van der Waals surface area contributed by atoms with Gasteiger partial charge in [-0.15, -0.1) is 0 Å². The Hall–Kier alpha value is -3.03. The summed E-state index contributed by atoms with van der Waals surface area (Å²) in [5.74, 6) is -2.22. The lowest BCUT2D eigenvalue weighted by Crippen LogP contribution is -2.32. The minimum absolute atomic E-state index is 0.248. The first kappa shape index (κ1) is 13.9. The highest BCUT2D eigenvalue weighted by Gasteiger charge is 2.39. The van der Waals surface area contributed by atoms with E-state index in [1.807, 2.05) is 0 Å². The number of hydrogen-bond acceptors (Lipinski definition) is 6. The zero-order valence-corrected chi connectivity index (χ0v) is 11.8. The van der Waals surface area contributed by atoms with Gasteiger partial charge in [-0.05, 0) is 19.1 Å². The van der Waals surface area contributed by atoms with Gasteiger partial charge in [-0.25, -0.2) is 0 Å². The van der Waals surface area contributed by atoms with Crippen LogP contribution in [0.15, 0.2) is 33.9 Å². The van der Waals surface area contributed by atoms with Gasteiger partial charge in [0.1, 0.15) is 0 Å².